The molecule has 0 bridgehead atoms. The molecule has 2 N–H and O–H groups in total. The van der Waals surface area contributed by atoms with Crippen LogP contribution >= 0.6 is 0 Å². The van der Waals surface area contributed by atoms with Gasteiger partial charge in [0, 0.05) is 19.0 Å². The van der Waals surface area contributed by atoms with Crippen molar-refractivity contribution in [3.63, 3.8) is 0 Å². The summed E-state index contributed by atoms with van der Waals surface area (Å²) in [5, 5.41) is 10.7. The van der Waals surface area contributed by atoms with E-state index >= 15 is 0 Å². The van der Waals surface area contributed by atoms with Gasteiger partial charge in [0.25, 0.3) is 0 Å². The van der Waals surface area contributed by atoms with Crippen molar-refractivity contribution in [3.05, 3.63) is 0 Å². The van der Waals surface area contributed by atoms with Crippen molar-refractivity contribution in [3.8, 4) is 0 Å². The average molecular weight is 226 g/mol. The molecule has 0 aromatic carbocycles. The molecule has 1 heterocycles. The summed E-state index contributed by atoms with van der Waals surface area (Å²) in [4.78, 5) is 22.5. The minimum absolute atomic E-state index is 0.0669. The van der Waals surface area contributed by atoms with Gasteiger partial charge in [-0.2, -0.15) is 0 Å². The summed E-state index contributed by atoms with van der Waals surface area (Å²) in [6.07, 6.45) is 4.63. The fourth-order valence-electron chi connectivity index (χ4n) is 2.20. The number of amides is 1. The van der Waals surface area contributed by atoms with Crippen molar-refractivity contribution in [1.82, 2.24) is 10.4 Å². The fraction of sp³-hybridized carbons (Fsp3) is 0.818. The SMILES string of the molecule is O=C(O)C1CCCN(NC(=O)C2CCC2)C1. The number of hydrazine groups is 1. The first-order valence-corrected chi connectivity index (χ1v) is 5.95. The van der Waals surface area contributed by atoms with Gasteiger partial charge in [0.05, 0.1) is 5.92 Å². The Kier molecular flexibility index (Phi) is 3.43. The van der Waals surface area contributed by atoms with Crippen molar-refractivity contribution in [2.45, 2.75) is 32.1 Å². The first-order valence-electron chi connectivity index (χ1n) is 5.95. The van der Waals surface area contributed by atoms with Crippen LogP contribution < -0.4 is 5.43 Å². The number of nitrogens with zero attached hydrogens (tertiary/aromatic N) is 1. The van der Waals surface area contributed by atoms with Crippen LogP contribution in [0.3, 0.4) is 0 Å². The highest BCUT2D eigenvalue weighted by atomic mass is 16.4. The van der Waals surface area contributed by atoms with Crippen LogP contribution in [-0.4, -0.2) is 35.1 Å². The van der Waals surface area contributed by atoms with E-state index in [1.165, 1.54) is 0 Å². The highest BCUT2D eigenvalue weighted by Gasteiger charge is 2.30. The summed E-state index contributed by atoms with van der Waals surface area (Å²) in [6, 6.07) is 0. The van der Waals surface area contributed by atoms with E-state index in [0.717, 1.165) is 32.2 Å². The Hall–Kier alpha value is -1.10. The quantitative estimate of drug-likeness (QED) is 0.740. The Labute approximate surface area is 94.8 Å². The summed E-state index contributed by atoms with van der Waals surface area (Å²) >= 11 is 0. The van der Waals surface area contributed by atoms with Crippen LogP contribution in [-0.2, 0) is 9.59 Å². The molecule has 0 aromatic rings. The van der Waals surface area contributed by atoms with Crippen LogP contribution in [0.2, 0.25) is 0 Å². The standard InChI is InChI=1S/C11H18N2O3/c14-10(8-3-1-4-8)12-13-6-2-5-9(7-13)11(15)16/h8-9H,1-7H2,(H,12,14)(H,15,16). The molecule has 1 unspecified atom stereocenters. The van der Waals surface area contributed by atoms with Gasteiger partial charge in [-0.05, 0) is 25.7 Å². The predicted octanol–water partition coefficient (Wildman–Crippen LogP) is 0.614. The number of hydrogen-bond donors (Lipinski definition) is 2. The van der Waals surface area contributed by atoms with Crippen molar-refractivity contribution in [1.29, 1.82) is 0 Å². The minimum Gasteiger partial charge on any atom is -0.481 e. The Morgan fingerprint density at radius 1 is 1.12 bits per heavy atom. The number of aliphatic carboxylic acids is 1. The zero-order valence-electron chi connectivity index (χ0n) is 9.32. The average Bonchev–Trinajstić information content (AvgIpc) is 2.15. The van der Waals surface area contributed by atoms with Crippen LogP contribution in [0.5, 0.6) is 0 Å². The number of rotatable bonds is 3. The van der Waals surface area contributed by atoms with Crippen LogP contribution in [0.1, 0.15) is 32.1 Å². The Morgan fingerprint density at radius 3 is 2.38 bits per heavy atom. The van der Waals surface area contributed by atoms with Gasteiger partial charge in [-0.1, -0.05) is 6.42 Å². The van der Waals surface area contributed by atoms with Crippen LogP contribution in [0.15, 0.2) is 0 Å². The topological polar surface area (TPSA) is 69.6 Å². The number of carbonyl (C=O) groups excluding carboxylic acids is 1. The monoisotopic (exact) mass is 226 g/mol. The molecule has 0 aromatic heterocycles. The van der Waals surface area contributed by atoms with Gasteiger partial charge in [-0.15, -0.1) is 0 Å². The molecular weight excluding hydrogens is 208 g/mol. The maximum atomic E-state index is 11.7. The Morgan fingerprint density at radius 2 is 1.81 bits per heavy atom. The summed E-state index contributed by atoms with van der Waals surface area (Å²) in [7, 11) is 0. The zero-order chi connectivity index (χ0) is 11.5. The van der Waals surface area contributed by atoms with E-state index in [9.17, 15) is 9.59 Å². The van der Waals surface area contributed by atoms with Gasteiger partial charge in [0.2, 0.25) is 5.91 Å². The number of piperidine rings is 1. The van der Waals surface area contributed by atoms with Crippen molar-refractivity contribution in [2.75, 3.05) is 13.1 Å². The van der Waals surface area contributed by atoms with Gasteiger partial charge in [-0.3, -0.25) is 15.0 Å². The van der Waals surface area contributed by atoms with E-state index in [4.69, 9.17) is 5.11 Å². The molecule has 1 aliphatic heterocycles. The maximum Gasteiger partial charge on any atom is 0.307 e. The lowest BCUT2D eigenvalue weighted by atomic mass is 9.85. The lowest BCUT2D eigenvalue weighted by Crippen LogP contribution is -2.51. The first kappa shape index (κ1) is 11.4. The highest BCUT2D eigenvalue weighted by Crippen LogP contribution is 2.26. The smallest absolute Gasteiger partial charge is 0.307 e. The molecule has 2 aliphatic rings. The third-order valence-electron chi connectivity index (χ3n) is 3.51. The number of carboxylic acids is 1. The van der Waals surface area contributed by atoms with Crippen LogP contribution in [0, 0.1) is 11.8 Å². The van der Waals surface area contributed by atoms with Crippen molar-refractivity contribution < 1.29 is 14.7 Å². The molecule has 1 atom stereocenters. The molecule has 1 saturated heterocycles. The molecule has 16 heavy (non-hydrogen) atoms. The van der Waals surface area contributed by atoms with E-state index in [2.05, 4.69) is 5.43 Å². The molecule has 2 rings (SSSR count). The number of carbonyl (C=O) groups is 2. The normalized spacial score (nSPS) is 27.1. The lowest BCUT2D eigenvalue weighted by molar-refractivity contribution is -0.146. The summed E-state index contributed by atoms with van der Waals surface area (Å²) < 4.78 is 0. The highest BCUT2D eigenvalue weighted by molar-refractivity contribution is 5.79. The molecule has 5 heteroatoms. The summed E-state index contributed by atoms with van der Waals surface area (Å²) in [5.74, 6) is -0.875. The van der Waals surface area contributed by atoms with E-state index in [1.807, 2.05) is 0 Å². The second-order valence-corrected chi connectivity index (χ2v) is 4.73. The number of hydrogen-bond acceptors (Lipinski definition) is 3. The second-order valence-electron chi connectivity index (χ2n) is 4.73. The summed E-state index contributed by atoms with van der Waals surface area (Å²) in [5.41, 5.74) is 2.84. The Balaban J connectivity index is 1.80. The largest absolute Gasteiger partial charge is 0.481 e. The second kappa shape index (κ2) is 4.82. The molecule has 0 spiro atoms. The lowest BCUT2D eigenvalue weighted by Gasteiger charge is -2.33. The minimum atomic E-state index is -0.761. The van der Waals surface area contributed by atoms with Gasteiger partial charge >= 0.3 is 5.97 Å². The van der Waals surface area contributed by atoms with Gasteiger partial charge in [0.1, 0.15) is 0 Å². The molecular formula is C11H18N2O3. The maximum absolute atomic E-state index is 11.7. The molecule has 0 radical (unpaired) electrons. The first-order chi connectivity index (χ1) is 7.66. The molecule has 1 aliphatic carbocycles. The van der Waals surface area contributed by atoms with Gasteiger partial charge < -0.3 is 5.11 Å². The third-order valence-corrected chi connectivity index (χ3v) is 3.51. The fourth-order valence-corrected chi connectivity index (χ4v) is 2.20. The van der Waals surface area contributed by atoms with E-state index in [-0.39, 0.29) is 17.7 Å². The Bertz CT molecular complexity index is 289. The zero-order valence-corrected chi connectivity index (χ0v) is 9.32. The molecule has 1 saturated carbocycles. The third kappa shape index (κ3) is 2.52. The number of nitrogens with one attached hydrogen (secondary N) is 1. The summed E-state index contributed by atoms with van der Waals surface area (Å²) in [6.45, 7) is 1.20. The van der Waals surface area contributed by atoms with E-state index < -0.39 is 5.97 Å². The van der Waals surface area contributed by atoms with Crippen molar-refractivity contribution in [2.24, 2.45) is 11.8 Å². The van der Waals surface area contributed by atoms with Crippen molar-refractivity contribution >= 4 is 11.9 Å². The predicted molar refractivity (Wildman–Crippen MR) is 57.4 cm³/mol. The molecule has 90 valence electrons. The van der Waals surface area contributed by atoms with E-state index in [0.29, 0.717) is 13.0 Å². The molecule has 2 fully saturated rings. The van der Waals surface area contributed by atoms with Crippen LogP contribution in [0.25, 0.3) is 0 Å². The van der Waals surface area contributed by atoms with E-state index in [1.54, 1.807) is 5.01 Å². The number of carboxylic acid groups (broad SMARTS) is 1. The molecule has 1 amide bonds. The van der Waals surface area contributed by atoms with Gasteiger partial charge in [-0.25, -0.2) is 5.01 Å². The van der Waals surface area contributed by atoms with Crippen LogP contribution in [0.4, 0.5) is 0 Å². The molecule has 5 nitrogen and oxygen atoms in total. The van der Waals surface area contributed by atoms with Gasteiger partial charge in [0.15, 0.2) is 0 Å².